The number of aryl methyl sites for hydroxylation is 1. The lowest BCUT2D eigenvalue weighted by Gasteiger charge is -2.18. The Bertz CT molecular complexity index is 1750. The van der Waals surface area contributed by atoms with Crippen LogP contribution in [0.2, 0.25) is 0 Å². The van der Waals surface area contributed by atoms with Crippen LogP contribution >= 0.6 is 11.8 Å². The molecule has 0 atom stereocenters. The van der Waals surface area contributed by atoms with E-state index in [4.69, 9.17) is 24.1 Å². The largest absolute Gasteiger partial charge is 0.497 e. The second-order valence-corrected chi connectivity index (χ2v) is 11.8. The average Bonchev–Trinajstić information content (AvgIpc) is 3.11. The van der Waals surface area contributed by atoms with Gasteiger partial charge in [-0.1, -0.05) is 72.8 Å². The number of ether oxygens (including phenoxy) is 4. The number of carbonyl (C=O) groups is 1. The van der Waals surface area contributed by atoms with Gasteiger partial charge in [0.05, 0.1) is 26.6 Å². The number of benzene rings is 5. The van der Waals surface area contributed by atoms with Crippen molar-refractivity contribution in [2.75, 3.05) is 33.2 Å². The van der Waals surface area contributed by atoms with Gasteiger partial charge >= 0.3 is 5.97 Å². The van der Waals surface area contributed by atoms with Crippen LogP contribution in [0.3, 0.4) is 0 Å². The normalized spacial score (nSPS) is 10.6. The minimum absolute atomic E-state index is 0.374. The summed E-state index contributed by atoms with van der Waals surface area (Å²) in [5.41, 5.74) is 8.33. The summed E-state index contributed by atoms with van der Waals surface area (Å²) < 4.78 is 22.7. The van der Waals surface area contributed by atoms with Crippen LogP contribution in [0, 0.1) is 6.92 Å². The van der Waals surface area contributed by atoms with Crippen LogP contribution in [0.1, 0.15) is 23.6 Å². The van der Waals surface area contributed by atoms with Crippen LogP contribution < -0.4 is 14.2 Å². The Morgan fingerprint density at radius 3 is 1.72 bits per heavy atom. The summed E-state index contributed by atoms with van der Waals surface area (Å²) in [7, 11) is 3.35. The fraction of sp³-hybridized carbons (Fsp3) is 0.175. The Morgan fingerprint density at radius 2 is 1.26 bits per heavy atom. The van der Waals surface area contributed by atoms with E-state index in [9.17, 15) is 4.79 Å². The average molecular weight is 647 g/mol. The van der Waals surface area contributed by atoms with E-state index in [1.54, 1.807) is 26.0 Å². The number of thioether (sulfide) groups is 1. The van der Waals surface area contributed by atoms with Crippen molar-refractivity contribution in [2.45, 2.75) is 18.7 Å². The van der Waals surface area contributed by atoms with Gasteiger partial charge in [0.25, 0.3) is 0 Å². The van der Waals surface area contributed by atoms with Crippen molar-refractivity contribution in [1.29, 1.82) is 0 Å². The van der Waals surface area contributed by atoms with E-state index < -0.39 is 5.97 Å². The Kier molecular flexibility index (Phi) is 11.3. The molecule has 240 valence electrons. The first-order chi connectivity index (χ1) is 22.9. The number of rotatable bonds is 14. The first-order valence-corrected chi connectivity index (χ1v) is 16.3. The molecule has 5 aromatic carbocycles. The molecule has 5 rings (SSSR count). The molecule has 0 saturated carbocycles. The third kappa shape index (κ3) is 8.57. The molecule has 5 aromatic rings. The van der Waals surface area contributed by atoms with E-state index in [0.29, 0.717) is 18.1 Å². The fourth-order valence-electron chi connectivity index (χ4n) is 5.27. The van der Waals surface area contributed by atoms with E-state index in [1.807, 2.05) is 68.4 Å². The molecule has 0 aliphatic rings. The van der Waals surface area contributed by atoms with Crippen molar-refractivity contribution in [3.63, 3.8) is 0 Å². The number of hydrogen-bond acceptors (Lipinski definition) is 6. The number of aliphatic carboxylic acids is 1. The van der Waals surface area contributed by atoms with Crippen LogP contribution in [0.4, 0.5) is 0 Å². The molecule has 0 spiro atoms. The van der Waals surface area contributed by atoms with Gasteiger partial charge < -0.3 is 24.1 Å². The molecule has 0 unspecified atom stereocenters. The molecule has 0 aromatic heterocycles. The highest BCUT2D eigenvalue weighted by Crippen LogP contribution is 2.35. The van der Waals surface area contributed by atoms with Crippen LogP contribution in [0.15, 0.2) is 126 Å². The zero-order chi connectivity index (χ0) is 33.2. The molecular weight excluding hydrogens is 609 g/mol. The Labute approximate surface area is 280 Å². The predicted molar refractivity (Wildman–Crippen MR) is 190 cm³/mol. The van der Waals surface area contributed by atoms with Crippen LogP contribution in [0.25, 0.3) is 27.8 Å². The molecule has 0 saturated heterocycles. The molecule has 0 aliphatic carbocycles. The molecule has 0 heterocycles. The van der Waals surface area contributed by atoms with E-state index in [2.05, 4.69) is 60.7 Å². The number of carboxylic acid groups (broad SMARTS) is 1. The minimum Gasteiger partial charge on any atom is -0.497 e. The Balaban J connectivity index is 1.51. The standard InChI is InChI=1S/C40H38O6S/c1-5-45-38(26-47-36-20-21-37(27(2)22-36)46-25-39(41)42)40(30-16-12-28(13-17-30)32-8-6-10-34(23-32)43-3)31-18-14-29(15-19-31)33-9-7-11-35(24-33)44-4/h6-24H,5,25-26H2,1-4H3,(H,41,42). The molecule has 0 aliphatic heterocycles. The van der Waals surface area contributed by atoms with E-state index in [-0.39, 0.29) is 6.61 Å². The number of carboxylic acids is 1. The second kappa shape index (κ2) is 15.9. The number of hydrogen-bond donors (Lipinski definition) is 1. The Hall–Kier alpha value is -5.14. The SMILES string of the molecule is CCOC(CSc1ccc(OCC(=O)O)c(C)c1)=C(c1ccc(-c2cccc(OC)c2)cc1)c1ccc(-c2cccc(OC)c2)cc1. The summed E-state index contributed by atoms with van der Waals surface area (Å²) in [6, 6.07) is 39.0. The van der Waals surface area contributed by atoms with Crippen LogP contribution in [0.5, 0.6) is 17.2 Å². The van der Waals surface area contributed by atoms with Crippen molar-refractivity contribution >= 4 is 23.3 Å². The third-order valence-electron chi connectivity index (χ3n) is 7.62. The van der Waals surface area contributed by atoms with E-state index in [0.717, 1.165) is 66.7 Å². The second-order valence-electron chi connectivity index (χ2n) is 10.7. The quantitative estimate of drug-likeness (QED) is 0.0952. The van der Waals surface area contributed by atoms with E-state index >= 15 is 0 Å². The zero-order valence-corrected chi connectivity index (χ0v) is 27.8. The smallest absolute Gasteiger partial charge is 0.341 e. The summed E-state index contributed by atoms with van der Waals surface area (Å²) in [5.74, 6) is 2.64. The van der Waals surface area contributed by atoms with Crippen molar-refractivity contribution in [3.05, 3.63) is 138 Å². The van der Waals surface area contributed by atoms with Gasteiger partial charge in [-0.2, -0.15) is 0 Å². The predicted octanol–water partition coefficient (Wildman–Crippen LogP) is 9.40. The molecule has 6 nitrogen and oxygen atoms in total. The number of methoxy groups -OCH3 is 2. The monoisotopic (exact) mass is 646 g/mol. The molecular formula is C40H38O6S. The molecule has 1 N–H and O–H groups in total. The molecule has 0 amide bonds. The highest BCUT2D eigenvalue weighted by Gasteiger charge is 2.16. The molecule has 7 heteroatoms. The van der Waals surface area contributed by atoms with Gasteiger partial charge in [0.1, 0.15) is 23.0 Å². The lowest BCUT2D eigenvalue weighted by molar-refractivity contribution is -0.139. The lowest BCUT2D eigenvalue weighted by atomic mass is 9.93. The van der Waals surface area contributed by atoms with Crippen molar-refractivity contribution in [3.8, 4) is 39.5 Å². The molecule has 0 radical (unpaired) electrons. The minimum atomic E-state index is -1.00. The van der Waals surface area contributed by atoms with Gasteiger partial charge in [0.15, 0.2) is 6.61 Å². The first-order valence-electron chi connectivity index (χ1n) is 15.3. The summed E-state index contributed by atoms with van der Waals surface area (Å²) in [4.78, 5) is 12.0. The Morgan fingerprint density at radius 1 is 0.702 bits per heavy atom. The molecule has 0 bridgehead atoms. The van der Waals surface area contributed by atoms with Gasteiger partial charge in [0.2, 0.25) is 0 Å². The summed E-state index contributed by atoms with van der Waals surface area (Å²) >= 11 is 1.66. The summed E-state index contributed by atoms with van der Waals surface area (Å²) in [6.07, 6.45) is 0. The summed E-state index contributed by atoms with van der Waals surface area (Å²) in [5, 5.41) is 8.99. The van der Waals surface area contributed by atoms with Gasteiger partial charge in [-0.05, 0) is 95.3 Å². The fourth-order valence-corrected chi connectivity index (χ4v) is 6.22. The third-order valence-corrected chi connectivity index (χ3v) is 8.61. The summed E-state index contributed by atoms with van der Waals surface area (Å²) in [6.45, 7) is 4.06. The van der Waals surface area contributed by atoms with Crippen LogP contribution in [-0.4, -0.2) is 44.3 Å². The van der Waals surface area contributed by atoms with Gasteiger partial charge in [-0.15, -0.1) is 11.8 Å². The van der Waals surface area contributed by atoms with Gasteiger partial charge in [0, 0.05) is 10.5 Å². The maximum absolute atomic E-state index is 11.0. The van der Waals surface area contributed by atoms with Crippen molar-refractivity contribution < 1.29 is 28.8 Å². The molecule has 0 fully saturated rings. The maximum atomic E-state index is 11.0. The molecule has 47 heavy (non-hydrogen) atoms. The maximum Gasteiger partial charge on any atom is 0.341 e. The van der Waals surface area contributed by atoms with Crippen molar-refractivity contribution in [1.82, 2.24) is 0 Å². The first kappa shape index (κ1) is 33.2. The van der Waals surface area contributed by atoms with Crippen LogP contribution in [-0.2, 0) is 9.53 Å². The van der Waals surface area contributed by atoms with Gasteiger partial charge in [-0.25, -0.2) is 4.79 Å². The van der Waals surface area contributed by atoms with E-state index in [1.165, 1.54) is 0 Å². The topological polar surface area (TPSA) is 74.2 Å². The highest BCUT2D eigenvalue weighted by atomic mass is 32.2. The van der Waals surface area contributed by atoms with Gasteiger partial charge in [-0.3, -0.25) is 0 Å². The van der Waals surface area contributed by atoms with Crippen molar-refractivity contribution in [2.24, 2.45) is 0 Å². The highest BCUT2D eigenvalue weighted by molar-refractivity contribution is 7.99. The zero-order valence-electron chi connectivity index (χ0n) is 27.0. The lowest BCUT2D eigenvalue weighted by Crippen LogP contribution is -2.10.